The van der Waals surface area contributed by atoms with Gasteiger partial charge in [0, 0.05) is 17.4 Å². The van der Waals surface area contributed by atoms with Crippen molar-refractivity contribution in [3.8, 4) is 11.1 Å². The van der Waals surface area contributed by atoms with E-state index < -0.39 is 17.0 Å². The number of carbonyl (C=O) groups is 1. The van der Waals surface area contributed by atoms with Gasteiger partial charge < -0.3 is 5.11 Å². The average Bonchev–Trinajstić information content (AvgIpc) is 2.64. The third-order valence-electron chi connectivity index (χ3n) is 5.24. The molecular formula is C22H21ClF2O2. The van der Waals surface area contributed by atoms with Gasteiger partial charge in [-0.05, 0) is 47.7 Å². The van der Waals surface area contributed by atoms with Crippen LogP contribution >= 0.6 is 11.6 Å². The molecule has 0 atom stereocenters. The van der Waals surface area contributed by atoms with Crippen molar-refractivity contribution in [2.24, 2.45) is 5.41 Å². The Balaban J connectivity index is 2.25. The molecule has 1 N–H and O–H groups in total. The molecule has 0 spiro atoms. The summed E-state index contributed by atoms with van der Waals surface area (Å²) >= 11 is 5.64. The topological polar surface area (TPSA) is 37.3 Å². The summed E-state index contributed by atoms with van der Waals surface area (Å²) in [5.41, 5.74) is 1.68. The van der Waals surface area contributed by atoms with E-state index in [9.17, 15) is 18.7 Å². The Kier molecular flexibility index (Phi) is 5.13. The SMILES string of the molecule is CCc1ccc(-c2ccc(Cl)c(F)c2F)cc1C1=C(O)C(C)(C)CCC1=O. The van der Waals surface area contributed by atoms with Gasteiger partial charge in [0.15, 0.2) is 17.4 Å². The van der Waals surface area contributed by atoms with Crippen LogP contribution in [-0.4, -0.2) is 10.9 Å². The van der Waals surface area contributed by atoms with Gasteiger partial charge in [-0.25, -0.2) is 8.78 Å². The number of benzene rings is 2. The largest absolute Gasteiger partial charge is 0.511 e. The molecule has 0 saturated heterocycles. The molecule has 1 aliphatic rings. The van der Waals surface area contributed by atoms with Crippen LogP contribution in [0, 0.1) is 17.0 Å². The van der Waals surface area contributed by atoms with Crippen molar-refractivity contribution in [3.63, 3.8) is 0 Å². The summed E-state index contributed by atoms with van der Waals surface area (Å²) < 4.78 is 28.3. The zero-order valence-electron chi connectivity index (χ0n) is 15.5. The molecule has 142 valence electrons. The van der Waals surface area contributed by atoms with Crippen LogP contribution in [0.25, 0.3) is 16.7 Å². The van der Waals surface area contributed by atoms with Gasteiger partial charge in [-0.2, -0.15) is 0 Å². The lowest BCUT2D eigenvalue weighted by molar-refractivity contribution is -0.115. The Morgan fingerprint density at radius 2 is 1.81 bits per heavy atom. The first-order valence-corrected chi connectivity index (χ1v) is 9.29. The van der Waals surface area contributed by atoms with Crippen LogP contribution in [0.2, 0.25) is 5.02 Å². The summed E-state index contributed by atoms with van der Waals surface area (Å²) in [7, 11) is 0. The van der Waals surface area contributed by atoms with E-state index in [0.29, 0.717) is 30.4 Å². The molecule has 0 unspecified atom stereocenters. The minimum absolute atomic E-state index is 0.0494. The minimum Gasteiger partial charge on any atom is -0.511 e. The molecule has 2 nitrogen and oxygen atoms in total. The maximum absolute atomic E-state index is 14.4. The Morgan fingerprint density at radius 3 is 2.48 bits per heavy atom. The zero-order valence-corrected chi connectivity index (χ0v) is 16.3. The Hall–Kier alpha value is -2.20. The first-order chi connectivity index (χ1) is 12.7. The summed E-state index contributed by atoms with van der Waals surface area (Å²) in [6.45, 7) is 5.72. The number of aliphatic hydroxyl groups excluding tert-OH is 1. The van der Waals surface area contributed by atoms with Crippen LogP contribution < -0.4 is 0 Å². The highest BCUT2D eigenvalue weighted by molar-refractivity contribution is 6.30. The predicted octanol–water partition coefficient (Wildman–Crippen LogP) is 6.51. The second-order valence-corrected chi connectivity index (χ2v) is 7.89. The number of aliphatic hydroxyl groups is 1. The summed E-state index contributed by atoms with van der Waals surface area (Å²) in [5.74, 6) is -2.23. The Labute approximate surface area is 162 Å². The monoisotopic (exact) mass is 390 g/mol. The molecule has 0 radical (unpaired) electrons. The second kappa shape index (κ2) is 7.08. The summed E-state index contributed by atoms with van der Waals surface area (Å²) in [6, 6.07) is 7.83. The number of hydrogen-bond acceptors (Lipinski definition) is 2. The average molecular weight is 391 g/mol. The zero-order chi connectivity index (χ0) is 19.9. The van der Waals surface area contributed by atoms with Crippen molar-refractivity contribution in [3.05, 3.63) is 63.9 Å². The van der Waals surface area contributed by atoms with Crippen molar-refractivity contribution in [1.82, 2.24) is 0 Å². The van der Waals surface area contributed by atoms with Crippen LogP contribution in [0.1, 0.15) is 44.7 Å². The van der Waals surface area contributed by atoms with Crippen molar-refractivity contribution in [2.75, 3.05) is 0 Å². The van der Waals surface area contributed by atoms with E-state index >= 15 is 0 Å². The third kappa shape index (κ3) is 3.39. The predicted molar refractivity (Wildman–Crippen MR) is 104 cm³/mol. The number of aryl methyl sites for hydroxylation is 1. The lowest BCUT2D eigenvalue weighted by atomic mass is 9.74. The minimum atomic E-state index is -1.10. The molecule has 2 aromatic carbocycles. The van der Waals surface area contributed by atoms with E-state index in [0.717, 1.165) is 5.56 Å². The molecule has 5 heteroatoms. The highest BCUT2D eigenvalue weighted by atomic mass is 35.5. The van der Waals surface area contributed by atoms with Crippen molar-refractivity contribution >= 4 is 23.0 Å². The number of hydrogen-bond donors (Lipinski definition) is 1. The van der Waals surface area contributed by atoms with E-state index in [1.54, 1.807) is 18.2 Å². The number of rotatable bonds is 3. The van der Waals surface area contributed by atoms with Crippen LogP contribution in [0.5, 0.6) is 0 Å². The third-order valence-corrected chi connectivity index (χ3v) is 5.53. The van der Waals surface area contributed by atoms with Crippen molar-refractivity contribution in [1.29, 1.82) is 0 Å². The molecule has 1 aliphatic carbocycles. The van der Waals surface area contributed by atoms with E-state index in [1.165, 1.54) is 12.1 Å². The molecule has 2 aromatic rings. The summed E-state index contributed by atoms with van der Waals surface area (Å²) in [4.78, 5) is 12.6. The number of Topliss-reactive ketones (excluding diaryl/α,β-unsaturated/α-hetero) is 1. The van der Waals surface area contributed by atoms with Gasteiger partial charge in [0.25, 0.3) is 0 Å². The number of halogens is 3. The number of allylic oxidation sites excluding steroid dienone is 2. The van der Waals surface area contributed by atoms with E-state index in [4.69, 9.17) is 11.6 Å². The fourth-order valence-electron chi connectivity index (χ4n) is 3.45. The molecule has 0 saturated carbocycles. The molecule has 0 heterocycles. The van der Waals surface area contributed by atoms with Gasteiger partial charge in [0.05, 0.1) is 10.6 Å². The molecule has 27 heavy (non-hydrogen) atoms. The molecule has 3 rings (SSSR count). The second-order valence-electron chi connectivity index (χ2n) is 7.48. The first kappa shape index (κ1) is 19.6. The van der Waals surface area contributed by atoms with Gasteiger partial charge in [-0.3, -0.25) is 4.79 Å². The van der Waals surface area contributed by atoms with Crippen LogP contribution in [0.15, 0.2) is 36.1 Å². The van der Waals surface area contributed by atoms with Gasteiger partial charge in [0.1, 0.15) is 5.76 Å². The highest BCUT2D eigenvalue weighted by Crippen LogP contribution is 2.42. The van der Waals surface area contributed by atoms with Crippen LogP contribution in [0.3, 0.4) is 0 Å². The highest BCUT2D eigenvalue weighted by Gasteiger charge is 2.35. The molecule has 0 aromatic heterocycles. The lowest BCUT2D eigenvalue weighted by Gasteiger charge is -2.31. The van der Waals surface area contributed by atoms with Crippen molar-refractivity contribution in [2.45, 2.75) is 40.0 Å². The molecule has 0 amide bonds. The van der Waals surface area contributed by atoms with Crippen molar-refractivity contribution < 1.29 is 18.7 Å². The maximum Gasteiger partial charge on any atom is 0.178 e. The van der Waals surface area contributed by atoms with E-state index in [-0.39, 0.29) is 27.7 Å². The quantitative estimate of drug-likeness (QED) is 0.607. The maximum atomic E-state index is 14.4. The molecule has 0 bridgehead atoms. The number of ketones is 1. The standard InChI is InChI=1S/C22H21ClF2O2/c1-4-12-5-6-13(14-7-8-16(23)20(25)19(14)24)11-15(12)18-17(26)9-10-22(2,3)21(18)27/h5-8,11,27H,4,9-10H2,1-3H3. The van der Waals surface area contributed by atoms with E-state index in [2.05, 4.69) is 0 Å². The van der Waals surface area contributed by atoms with Crippen LogP contribution in [0.4, 0.5) is 8.78 Å². The molecule has 0 aliphatic heterocycles. The van der Waals surface area contributed by atoms with Gasteiger partial charge in [-0.1, -0.05) is 44.5 Å². The fourth-order valence-corrected chi connectivity index (χ4v) is 3.60. The Morgan fingerprint density at radius 1 is 1.11 bits per heavy atom. The Bertz CT molecular complexity index is 961. The summed E-state index contributed by atoms with van der Waals surface area (Å²) in [5, 5.41) is 10.5. The van der Waals surface area contributed by atoms with Gasteiger partial charge >= 0.3 is 0 Å². The fraction of sp³-hybridized carbons (Fsp3) is 0.318. The van der Waals surface area contributed by atoms with Crippen LogP contribution in [-0.2, 0) is 11.2 Å². The smallest absolute Gasteiger partial charge is 0.178 e. The van der Waals surface area contributed by atoms with Gasteiger partial charge in [-0.15, -0.1) is 0 Å². The lowest BCUT2D eigenvalue weighted by Crippen LogP contribution is -2.25. The summed E-state index contributed by atoms with van der Waals surface area (Å²) in [6.07, 6.45) is 1.54. The van der Waals surface area contributed by atoms with E-state index in [1.807, 2.05) is 20.8 Å². The molecular weight excluding hydrogens is 370 g/mol. The van der Waals surface area contributed by atoms with Gasteiger partial charge in [0.2, 0.25) is 0 Å². The molecule has 0 fully saturated rings. The normalized spacial score (nSPS) is 16.7. The number of carbonyl (C=O) groups excluding carboxylic acids is 1. The first-order valence-electron chi connectivity index (χ1n) is 8.91.